The van der Waals surface area contributed by atoms with E-state index in [0.717, 1.165) is 0 Å². The molecule has 0 N–H and O–H groups in total. The van der Waals surface area contributed by atoms with Crippen molar-refractivity contribution in [2.45, 2.75) is 0 Å². The van der Waals surface area contributed by atoms with Crippen molar-refractivity contribution in [1.82, 2.24) is 0 Å². The SMILES string of the molecule is [Br-].[Mg+][Te]C=C(c1ccccc1)c1ccccc1. The first-order chi connectivity index (χ1) is 7.92. The zero-order valence-corrected chi connectivity index (χ0v) is 14.7. The van der Waals surface area contributed by atoms with E-state index < -0.39 is 0 Å². The van der Waals surface area contributed by atoms with Gasteiger partial charge in [-0.1, -0.05) is 0 Å². The Bertz CT molecular complexity index is 427. The van der Waals surface area contributed by atoms with Gasteiger partial charge < -0.3 is 17.0 Å². The molecule has 82 valence electrons. The molecule has 0 aliphatic rings. The number of benzene rings is 2. The molecule has 0 aromatic heterocycles. The average Bonchev–Trinajstić information content (AvgIpc) is 2.38. The maximum atomic E-state index is 2.42. The molecule has 0 nitrogen and oxygen atoms in total. The maximum absolute atomic E-state index is 2.42. The molecule has 2 aromatic rings. The van der Waals surface area contributed by atoms with Gasteiger partial charge in [-0.05, 0) is 0 Å². The molecule has 0 bridgehead atoms. The zero-order valence-electron chi connectivity index (χ0n) is 9.34. The van der Waals surface area contributed by atoms with E-state index in [-0.39, 0.29) is 34.2 Å². The summed E-state index contributed by atoms with van der Waals surface area (Å²) in [4.78, 5) is 0. The molecule has 0 heterocycles. The average molecular weight is 411 g/mol. The van der Waals surface area contributed by atoms with Gasteiger partial charge in [0.1, 0.15) is 0 Å². The van der Waals surface area contributed by atoms with Gasteiger partial charge in [-0.3, -0.25) is 0 Å². The minimum absolute atomic E-state index is 0. The number of rotatable bonds is 3. The topological polar surface area (TPSA) is 0 Å². The second kappa shape index (κ2) is 8.34. The molecule has 0 aliphatic heterocycles. The first-order valence-corrected chi connectivity index (χ1v) is 12.0. The van der Waals surface area contributed by atoms with E-state index in [0.29, 0.717) is 0 Å². The Kier molecular flexibility index (Phi) is 7.49. The van der Waals surface area contributed by atoms with Crippen LogP contribution in [-0.2, 0) is 0 Å². The second-order valence-corrected chi connectivity index (χ2v) is 7.29. The van der Waals surface area contributed by atoms with Crippen LogP contribution in [0.4, 0.5) is 0 Å². The molecule has 0 atom stereocenters. The van der Waals surface area contributed by atoms with Gasteiger partial charge in [0, 0.05) is 0 Å². The molecular formula is C14H11BrMgTe. The summed E-state index contributed by atoms with van der Waals surface area (Å²) in [5, 5.41) is 0. The fraction of sp³-hybridized carbons (Fsp3) is 0. The Hall–Kier alpha value is 0.216. The molecule has 0 spiro atoms. The predicted octanol–water partition coefficient (Wildman–Crippen LogP) is -0.132. The molecule has 17 heavy (non-hydrogen) atoms. The van der Waals surface area contributed by atoms with Crippen molar-refractivity contribution in [2.24, 2.45) is 0 Å². The Morgan fingerprint density at radius 1 is 0.824 bits per heavy atom. The summed E-state index contributed by atoms with van der Waals surface area (Å²) in [7, 11) is 0. The molecule has 0 unspecified atom stereocenters. The van der Waals surface area contributed by atoms with Gasteiger partial charge in [-0.15, -0.1) is 0 Å². The van der Waals surface area contributed by atoms with Crippen molar-refractivity contribution in [1.29, 1.82) is 0 Å². The zero-order chi connectivity index (χ0) is 11.2. The van der Waals surface area contributed by atoms with Crippen LogP contribution in [0.15, 0.2) is 64.8 Å². The fourth-order valence-electron chi connectivity index (χ4n) is 1.62. The third-order valence-corrected chi connectivity index (χ3v) is 4.64. The molecule has 0 radical (unpaired) electrons. The quantitative estimate of drug-likeness (QED) is 0.618. The van der Waals surface area contributed by atoms with Crippen LogP contribution in [-0.4, -0.2) is 35.1 Å². The van der Waals surface area contributed by atoms with Gasteiger partial charge in [0.05, 0.1) is 0 Å². The van der Waals surface area contributed by atoms with Gasteiger partial charge in [-0.25, -0.2) is 0 Å². The van der Waals surface area contributed by atoms with Crippen molar-refractivity contribution < 1.29 is 17.0 Å². The summed E-state index contributed by atoms with van der Waals surface area (Å²) in [6.07, 6.45) is 0. The van der Waals surface area contributed by atoms with E-state index in [9.17, 15) is 0 Å². The van der Waals surface area contributed by atoms with Crippen LogP contribution in [0.25, 0.3) is 5.57 Å². The van der Waals surface area contributed by atoms with Crippen LogP contribution in [0, 0.1) is 0 Å². The van der Waals surface area contributed by atoms with Crippen molar-refractivity contribution in [2.75, 3.05) is 0 Å². The van der Waals surface area contributed by atoms with Crippen molar-refractivity contribution in [3.63, 3.8) is 0 Å². The Morgan fingerprint density at radius 3 is 1.59 bits per heavy atom. The molecule has 0 aliphatic carbocycles. The van der Waals surface area contributed by atoms with Gasteiger partial charge in [-0.2, -0.15) is 0 Å². The van der Waals surface area contributed by atoms with E-state index in [1.165, 1.54) is 16.7 Å². The van der Waals surface area contributed by atoms with Gasteiger partial charge in [0.25, 0.3) is 0 Å². The van der Waals surface area contributed by atoms with Crippen LogP contribution < -0.4 is 17.0 Å². The summed E-state index contributed by atoms with van der Waals surface area (Å²) < 4.78 is 2.42. The standard InChI is InChI=1S/C14H12Te.BrH.Mg/c15-11-14(12-7-3-1-4-8-12)13-9-5-2-6-10-13;;/h1-11,15H;1H;/q;;+2/p-2. The fourth-order valence-corrected chi connectivity index (χ4v) is 3.99. The molecule has 0 fully saturated rings. The van der Waals surface area contributed by atoms with Crippen LogP contribution in [0.5, 0.6) is 0 Å². The monoisotopic (exact) mass is 412 g/mol. The molecule has 2 aromatic carbocycles. The molecule has 0 amide bonds. The van der Waals surface area contributed by atoms with Crippen molar-refractivity contribution in [3.8, 4) is 0 Å². The van der Waals surface area contributed by atoms with E-state index in [1.807, 2.05) is 0 Å². The summed E-state index contributed by atoms with van der Waals surface area (Å²) >= 11 is 2.13. The Morgan fingerprint density at radius 2 is 1.24 bits per heavy atom. The first kappa shape index (κ1) is 15.3. The third kappa shape index (κ3) is 4.42. The van der Waals surface area contributed by atoms with Gasteiger partial charge >= 0.3 is 117 Å². The molecule has 3 heteroatoms. The van der Waals surface area contributed by atoms with Crippen LogP contribution in [0.3, 0.4) is 0 Å². The normalized spacial score (nSPS) is 9.29. The van der Waals surface area contributed by atoms with Gasteiger partial charge in [0.15, 0.2) is 0 Å². The number of hydrogen-bond donors (Lipinski definition) is 0. The summed E-state index contributed by atoms with van der Waals surface area (Å²) in [5.41, 5.74) is 4.04. The van der Waals surface area contributed by atoms with E-state index in [2.05, 4.69) is 82.7 Å². The van der Waals surface area contributed by atoms with E-state index in [1.54, 1.807) is 0 Å². The number of halogens is 1. The van der Waals surface area contributed by atoms with Crippen LogP contribution in [0.1, 0.15) is 11.1 Å². The predicted molar refractivity (Wildman–Crippen MR) is 71.5 cm³/mol. The van der Waals surface area contributed by atoms with Crippen LogP contribution >= 0.6 is 0 Å². The Labute approximate surface area is 132 Å². The Balaban J connectivity index is 0.00000144. The van der Waals surface area contributed by atoms with Crippen molar-refractivity contribution in [3.05, 3.63) is 75.9 Å². The molecule has 0 saturated heterocycles. The first-order valence-electron chi connectivity index (χ1n) is 5.13. The molecular weight excluding hydrogens is 400 g/mol. The minimum atomic E-state index is 0. The second-order valence-electron chi connectivity index (χ2n) is 3.43. The van der Waals surface area contributed by atoms with Crippen LogP contribution in [0.2, 0.25) is 0 Å². The third-order valence-electron chi connectivity index (χ3n) is 2.37. The van der Waals surface area contributed by atoms with E-state index in [4.69, 9.17) is 0 Å². The van der Waals surface area contributed by atoms with Gasteiger partial charge in [0.2, 0.25) is 0 Å². The molecule has 0 saturated carbocycles. The summed E-state index contributed by atoms with van der Waals surface area (Å²) in [5.74, 6) is 0. The summed E-state index contributed by atoms with van der Waals surface area (Å²) in [6.45, 7) is 0. The number of hydrogen-bond acceptors (Lipinski definition) is 0. The molecule has 2 rings (SSSR count). The summed E-state index contributed by atoms with van der Waals surface area (Å²) in [6, 6.07) is 21.3. The van der Waals surface area contributed by atoms with E-state index >= 15 is 0 Å². The van der Waals surface area contributed by atoms with Crippen molar-refractivity contribution >= 4 is 40.7 Å².